The van der Waals surface area contributed by atoms with E-state index in [-0.39, 0.29) is 11.7 Å². The number of piperazine rings is 1. The van der Waals surface area contributed by atoms with Gasteiger partial charge in [-0.2, -0.15) is 0 Å². The fourth-order valence-electron chi connectivity index (χ4n) is 3.30. The molecule has 4 rings (SSSR count). The molecule has 3 aromatic rings. The van der Waals surface area contributed by atoms with E-state index in [1.165, 1.54) is 0 Å². The summed E-state index contributed by atoms with van der Waals surface area (Å²) in [6.45, 7) is 4.11. The molecule has 0 unspecified atom stereocenters. The number of halogens is 2. The Kier molecular flexibility index (Phi) is 5.81. The van der Waals surface area contributed by atoms with Crippen LogP contribution >= 0.6 is 23.2 Å². The highest BCUT2D eigenvalue weighted by Gasteiger charge is 2.16. The van der Waals surface area contributed by atoms with Crippen molar-refractivity contribution in [2.24, 2.45) is 0 Å². The minimum absolute atomic E-state index is 0.208. The van der Waals surface area contributed by atoms with Crippen LogP contribution in [0, 0.1) is 0 Å². The maximum atomic E-state index is 12.6. The number of amides is 1. The zero-order chi connectivity index (χ0) is 20.4. The third-order valence-corrected chi connectivity index (χ3v) is 5.58. The van der Waals surface area contributed by atoms with Gasteiger partial charge >= 0.3 is 0 Å². The summed E-state index contributed by atoms with van der Waals surface area (Å²) in [4.78, 5) is 17.2. The van der Waals surface area contributed by atoms with Gasteiger partial charge in [0.15, 0.2) is 5.76 Å². The molecule has 0 spiro atoms. The largest absolute Gasteiger partial charge is 0.451 e. The van der Waals surface area contributed by atoms with E-state index < -0.39 is 0 Å². The van der Waals surface area contributed by atoms with E-state index >= 15 is 0 Å². The number of hydrogen-bond acceptors (Lipinski definition) is 4. The predicted molar refractivity (Wildman–Crippen MR) is 118 cm³/mol. The van der Waals surface area contributed by atoms with Crippen molar-refractivity contribution in [3.8, 4) is 11.3 Å². The van der Waals surface area contributed by atoms with E-state index in [0.717, 1.165) is 31.9 Å². The summed E-state index contributed by atoms with van der Waals surface area (Å²) >= 11 is 12.2. The van der Waals surface area contributed by atoms with Crippen LogP contribution in [0.5, 0.6) is 0 Å². The molecule has 1 amide bonds. The number of carbonyl (C=O) groups is 1. The van der Waals surface area contributed by atoms with Crippen molar-refractivity contribution in [2.75, 3.05) is 43.4 Å². The van der Waals surface area contributed by atoms with Crippen LogP contribution in [0.15, 0.2) is 59.0 Å². The van der Waals surface area contributed by atoms with Gasteiger partial charge in [-0.3, -0.25) is 4.79 Å². The molecule has 0 bridgehead atoms. The lowest BCUT2D eigenvalue weighted by Gasteiger charge is -2.34. The molecule has 0 atom stereocenters. The van der Waals surface area contributed by atoms with E-state index in [1.54, 1.807) is 30.3 Å². The van der Waals surface area contributed by atoms with Crippen LogP contribution in [0.2, 0.25) is 10.0 Å². The zero-order valence-corrected chi connectivity index (χ0v) is 17.5. The second-order valence-corrected chi connectivity index (χ2v) is 7.92. The fourth-order valence-corrected chi connectivity index (χ4v) is 3.69. The summed E-state index contributed by atoms with van der Waals surface area (Å²) < 4.78 is 5.70. The standard InChI is InChI=1S/C22H21Cl2N3O2/c1-26-10-12-27(13-11-26)17-5-3-16(4-6-17)25-22(28)21-9-8-20(29-21)18-14-15(23)2-7-19(18)24/h2-9,14H,10-13H2,1H3,(H,25,28). The Labute approximate surface area is 179 Å². The molecule has 2 aromatic carbocycles. The van der Waals surface area contributed by atoms with E-state index in [9.17, 15) is 4.79 Å². The number of nitrogens with zero attached hydrogens (tertiary/aromatic N) is 2. The van der Waals surface area contributed by atoms with Gasteiger partial charge in [0.25, 0.3) is 5.91 Å². The zero-order valence-electron chi connectivity index (χ0n) is 16.0. The van der Waals surface area contributed by atoms with Crippen LogP contribution in [-0.4, -0.2) is 44.0 Å². The van der Waals surface area contributed by atoms with Crippen LogP contribution in [0.1, 0.15) is 10.6 Å². The summed E-state index contributed by atoms with van der Waals surface area (Å²) in [6, 6.07) is 16.3. The van der Waals surface area contributed by atoms with Crippen molar-refractivity contribution >= 4 is 40.5 Å². The van der Waals surface area contributed by atoms with Crippen LogP contribution < -0.4 is 10.2 Å². The lowest BCUT2D eigenvalue weighted by atomic mass is 10.2. The number of rotatable bonds is 4. The Morgan fingerprint density at radius 1 is 0.966 bits per heavy atom. The van der Waals surface area contributed by atoms with E-state index in [1.807, 2.05) is 24.3 Å². The first-order valence-electron chi connectivity index (χ1n) is 9.40. The molecule has 1 aromatic heterocycles. The molecule has 1 fully saturated rings. The molecule has 1 saturated heterocycles. The molecule has 0 saturated carbocycles. The lowest BCUT2D eigenvalue weighted by Crippen LogP contribution is -2.44. The fraction of sp³-hybridized carbons (Fsp3) is 0.227. The topological polar surface area (TPSA) is 48.7 Å². The molecular weight excluding hydrogens is 409 g/mol. The van der Waals surface area contributed by atoms with Gasteiger partial charge < -0.3 is 19.5 Å². The molecule has 7 heteroatoms. The number of nitrogens with one attached hydrogen (secondary N) is 1. The minimum atomic E-state index is -0.318. The Bertz CT molecular complexity index is 1010. The highest BCUT2D eigenvalue weighted by Crippen LogP contribution is 2.32. The van der Waals surface area contributed by atoms with Gasteiger partial charge in [-0.15, -0.1) is 0 Å². The van der Waals surface area contributed by atoms with E-state index in [4.69, 9.17) is 27.6 Å². The highest BCUT2D eigenvalue weighted by molar-refractivity contribution is 6.35. The average molecular weight is 430 g/mol. The predicted octanol–water partition coefficient (Wildman–Crippen LogP) is 5.26. The van der Waals surface area contributed by atoms with Crippen molar-refractivity contribution in [2.45, 2.75) is 0 Å². The van der Waals surface area contributed by atoms with E-state index in [0.29, 0.717) is 27.1 Å². The monoisotopic (exact) mass is 429 g/mol. The Morgan fingerprint density at radius 2 is 1.69 bits per heavy atom. The van der Waals surface area contributed by atoms with Crippen LogP contribution in [0.25, 0.3) is 11.3 Å². The third kappa shape index (κ3) is 4.58. The minimum Gasteiger partial charge on any atom is -0.451 e. The maximum Gasteiger partial charge on any atom is 0.291 e. The number of benzene rings is 2. The molecule has 5 nitrogen and oxygen atoms in total. The number of anilines is 2. The molecule has 0 aliphatic carbocycles. The van der Waals surface area contributed by atoms with Gasteiger partial charge in [-0.25, -0.2) is 0 Å². The first kappa shape index (κ1) is 19.8. The summed E-state index contributed by atoms with van der Waals surface area (Å²) in [6.07, 6.45) is 0. The first-order chi connectivity index (χ1) is 14.0. The number of carbonyl (C=O) groups excluding carboxylic acids is 1. The molecule has 1 N–H and O–H groups in total. The first-order valence-corrected chi connectivity index (χ1v) is 10.2. The molecule has 0 radical (unpaired) electrons. The van der Waals surface area contributed by atoms with Crippen molar-refractivity contribution in [1.29, 1.82) is 0 Å². The molecular formula is C22H21Cl2N3O2. The van der Waals surface area contributed by atoms with Crippen molar-refractivity contribution in [3.63, 3.8) is 0 Å². The third-order valence-electron chi connectivity index (χ3n) is 5.02. The number of hydrogen-bond donors (Lipinski definition) is 1. The van der Waals surface area contributed by atoms with Crippen LogP contribution in [0.4, 0.5) is 11.4 Å². The second kappa shape index (κ2) is 8.49. The van der Waals surface area contributed by atoms with Gasteiger partial charge in [0.05, 0.1) is 5.02 Å². The smallest absolute Gasteiger partial charge is 0.291 e. The van der Waals surface area contributed by atoms with Crippen LogP contribution in [-0.2, 0) is 0 Å². The average Bonchev–Trinajstić information content (AvgIpc) is 3.21. The molecule has 1 aliphatic rings. The van der Waals surface area contributed by atoms with Gasteiger partial charge in [0, 0.05) is 48.1 Å². The van der Waals surface area contributed by atoms with Crippen molar-refractivity contribution < 1.29 is 9.21 Å². The van der Waals surface area contributed by atoms with Crippen molar-refractivity contribution in [3.05, 3.63) is 70.4 Å². The molecule has 29 heavy (non-hydrogen) atoms. The van der Waals surface area contributed by atoms with Crippen LogP contribution in [0.3, 0.4) is 0 Å². The highest BCUT2D eigenvalue weighted by atomic mass is 35.5. The van der Waals surface area contributed by atoms with Gasteiger partial charge in [-0.05, 0) is 61.6 Å². The number of furan rings is 1. The van der Waals surface area contributed by atoms with Crippen molar-refractivity contribution in [1.82, 2.24) is 4.90 Å². The Morgan fingerprint density at radius 3 is 2.41 bits per heavy atom. The SMILES string of the molecule is CN1CCN(c2ccc(NC(=O)c3ccc(-c4cc(Cl)ccc4Cl)o3)cc2)CC1. The van der Waals surface area contributed by atoms with Gasteiger partial charge in [0.1, 0.15) is 5.76 Å². The Hall–Kier alpha value is -2.47. The van der Waals surface area contributed by atoms with Gasteiger partial charge in [0.2, 0.25) is 0 Å². The maximum absolute atomic E-state index is 12.6. The molecule has 2 heterocycles. The normalized spacial score (nSPS) is 14.8. The summed E-state index contributed by atoms with van der Waals surface area (Å²) in [5.41, 5.74) is 2.52. The lowest BCUT2D eigenvalue weighted by molar-refractivity contribution is 0.0997. The molecule has 1 aliphatic heterocycles. The Balaban J connectivity index is 1.43. The summed E-state index contributed by atoms with van der Waals surface area (Å²) in [5, 5.41) is 3.93. The summed E-state index contributed by atoms with van der Waals surface area (Å²) in [7, 11) is 2.14. The van der Waals surface area contributed by atoms with E-state index in [2.05, 4.69) is 22.2 Å². The quantitative estimate of drug-likeness (QED) is 0.614. The number of likely N-dealkylation sites (N-methyl/N-ethyl adjacent to an activating group) is 1. The second-order valence-electron chi connectivity index (χ2n) is 7.08. The van der Waals surface area contributed by atoms with Gasteiger partial charge in [-0.1, -0.05) is 23.2 Å². The summed E-state index contributed by atoms with van der Waals surface area (Å²) in [5.74, 6) is 0.383. The molecule has 150 valence electrons.